The highest BCUT2D eigenvalue weighted by atomic mass is 19.4. The van der Waals surface area contributed by atoms with Gasteiger partial charge in [-0.05, 0) is 36.4 Å². The van der Waals surface area contributed by atoms with Crippen LogP contribution in [0.3, 0.4) is 0 Å². The lowest BCUT2D eigenvalue weighted by Crippen LogP contribution is -2.67. The Morgan fingerprint density at radius 1 is 1.37 bits per heavy atom. The Bertz CT molecular complexity index is 773. The number of hydrogen-bond donors (Lipinski definition) is 5. The second-order valence-corrected chi connectivity index (χ2v) is 7.02. The first-order chi connectivity index (χ1) is 12.7. The number of aliphatic hydroxyl groups excluding tert-OH is 1. The molecule has 3 heterocycles. The average Bonchev–Trinajstić information content (AvgIpc) is 3.26. The third kappa shape index (κ3) is 3.35. The Labute approximate surface area is 153 Å². The lowest BCUT2D eigenvalue weighted by molar-refractivity contribution is -0.209. The van der Waals surface area contributed by atoms with Crippen LogP contribution in [-0.2, 0) is 4.79 Å². The van der Waals surface area contributed by atoms with Gasteiger partial charge >= 0.3 is 6.18 Å². The fourth-order valence-electron chi connectivity index (χ4n) is 3.72. The van der Waals surface area contributed by atoms with E-state index in [1.165, 1.54) is 6.20 Å². The molecule has 1 fully saturated rings. The third-order valence-corrected chi connectivity index (χ3v) is 5.02. The number of rotatable bonds is 3. The minimum Gasteiger partial charge on any atom is -0.376 e. The molecule has 0 radical (unpaired) electrons. The Morgan fingerprint density at radius 3 is 2.85 bits per heavy atom. The van der Waals surface area contributed by atoms with Gasteiger partial charge in [0, 0.05) is 17.8 Å². The zero-order valence-electron chi connectivity index (χ0n) is 14.4. The number of carbonyl (C=O) groups excluding carboxylic acids is 1. The van der Waals surface area contributed by atoms with E-state index in [2.05, 4.69) is 27.3 Å². The maximum Gasteiger partial charge on any atom is 0.423 e. The summed E-state index contributed by atoms with van der Waals surface area (Å²) in [7, 11) is 0. The van der Waals surface area contributed by atoms with E-state index < -0.39 is 18.2 Å². The van der Waals surface area contributed by atoms with Crippen molar-refractivity contribution in [3.8, 4) is 0 Å². The van der Waals surface area contributed by atoms with Gasteiger partial charge in [-0.3, -0.25) is 15.4 Å². The van der Waals surface area contributed by atoms with Gasteiger partial charge in [-0.25, -0.2) is 0 Å². The standard InChI is InChI=1S/C17H20F3N5O2/c1-8-22-14-12(2-3-21-14)15(23-8)24-11-4-9-6-25(7-10(9)5-11)16(27)13(26)17(18,19)20/h2-6,8,12-15,21-24,26H,7H2,1H3. The zero-order chi connectivity index (χ0) is 19.3. The topological polar surface area (TPSA) is 88.7 Å². The number of halogens is 3. The predicted molar refractivity (Wildman–Crippen MR) is 90.2 cm³/mol. The molecule has 146 valence electrons. The van der Waals surface area contributed by atoms with Crippen LogP contribution in [-0.4, -0.2) is 53.2 Å². The van der Waals surface area contributed by atoms with Gasteiger partial charge in [-0.2, -0.15) is 13.2 Å². The molecule has 4 rings (SSSR count). The van der Waals surface area contributed by atoms with Crippen molar-refractivity contribution in [2.24, 2.45) is 5.92 Å². The number of allylic oxidation sites excluding steroid dienone is 2. The number of amides is 1. The molecule has 1 aliphatic carbocycles. The summed E-state index contributed by atoms with van der Waals surface area (Å²) in [6.45, 7) is 2.02. The summed E-state index contributed by atoms with van der Waals surface area (Å²) < 4.78 is 37.6. The number of fused-ring (bicyclic) bond motifs is 2. The van der Waals surface area contributed by atoms with Crippen LogP contribution in [0.15, 0.2) is 47.5 Å². The molecular weight excluding hydrogens is 363 g/mol. The van der Waals surface area contributed by atoms with E-state index in [1.807, 2.05) is 19.2 Å². The molecule has 1 amide bonds. The maximum absolute atomic E-state index is 12.5. The van der Waals surface area contributed by atoms with E-state index >= 15 is 0 Å². The van der Waals surface area contributed by atoms with Gasteiger partial charge in [-0.1, -0.05) is 6.08 Å². The molecule has 5 atom stereocenters. The van der Waals surface area contributed by atoms with Crippen molar-refractivity contribution in [1.29, 1.82) is 0 Å². The zero-order valence-corrected chi connectivity index (χ0v) is 14.4. The van der Waals surface area contributed by atoms with E-state index in [4.69, 9.17) is 5.11 Å². The molecule has 5 N–H and O–H groups in total. The lowest BCUT2D eigenvalue weighted by Gasteiger charge is -2.40. The van der Waals surface area contributed by atoms with E-state index in [0.717, 1.165) is 16.2 Å². The summed E-state index contributed by atoms with van der Waals surface area (Å²) in [5.41, 5.74) is 2.23. The summed E-state index contributed by atoms with van der Waals surface area (Å²) in [6.07, 6.45) is 1.15. The van der Waals surface area contributed by atoms with Crippen molar-refractivity contribution in [1.82, 2.24) is 26.2 Å². The van der Waals surface area contributed by atoms with E-state index in [1.54, 1.807) is 6.08 Å². The van der Waals surface area contributed by atoms with Crippen LogP contribution in [0.4, 0.5) is 13.2 Å². The van der Waals surface area contributed by atoms with Crippen LogP contribution < -0.4 is 21.3 Å². The molecule has 0 bridgehead atoms. The van der Waals surface area contributed by atoms with Crippen molar-refractivity contribution < 1.29 is 23.1 Å². The minimum absolute atomic E-state index is 0.00650. The quantitative estimate of drug-likeness (QED) is 0.471. The second kappa shape index (κ2) is 6.39. The number of aliphatic hydroxyl groups is 1. The van der Waals surface area contributed by atoms with Gasteiger partial charge in [0.05, 0.1) is 25.0 Å². The van der Waals surface area contributed by atoms with Crippen LogP contribution in [0.1, 0.15) is 6.92 Å². The molecule has 4 aliphatic rings. The molecule has 27 heavy (non-hydrogen) atoms. The lowest BCUT2D eigenvalue weighted by atomic mass is 10.0. The highest BCUT2D eigenvalue weighted by Gasteiger charge is 2.46. The van der Waals surface area contributed by atoms with E-state index in [-0.39, 0.29) is 31.0 Å². The Balaban J connectivity index is 1.44. The summed E-state index contributed by atoms with van der Waals surface area (Å²) in [6, 6.07) is 0. The smallest absolute Gasteiger partial charge is 0.376 e. The first-order valence-electron chi connectivity index (χ1n) is 8.63. The molecule has 7 nitrogen and oxygen atoms in total. The largest absolute Gasteiger partial charge is 0.423 e. The molecule has 0 saturated carbocycles. The first kappa shape index (κ1) is 18.1. The number of alkyl halides is 3. The van der Waals surface area contributed by atoms with Gasteiger partial charge in [0.15, 0.2) is 0 Å². The Morgan fingerprint density at radius 2 is 2.15 bits per heavy atom. The third-order valence-electron chi connectivity index (χ3n) is 5.02. The fourth-order valence-corrected chi connectivity index (χ4v) is 3.72. The number of nitrogens with one attached hydrogen (secondary N) is 4. The summed E-state index contributed by atoms with van der Waals surface area (Å²) in [5.74, 6) is -1.18. The monoisotopic (exact) mass is 383 g/mol. The van der Waals surface area contributed by atoms with Crippen LogP contribution >= 0.6 is 0 Å². The molecule has 0 spiro atoms. The molecule has 10 heteroatoms. The SMILES string of the molecule is CC1NC2NC=CC2C(NC2=CC3=CN(C(=O)C(O)C(F)(F)F)CC3=C2)N1. The van der Waals surface area contributed by atoms with Crippen LogP contribution in [0.2, 0.25) is 0 Å². The first-order valence-corrected chi connectivity index (χ1v) is 8.63. The van der Waals surface area contributed by atoms with Gasteiger partial charge < -0.3 is 20.6 Å². The molecule has 5 unspecified atom stereocenters. The van der Waals surface area contributed by atoms with Gasteiger partial charge in [0.25, 0.3) is 5.91 Å². The minimum atomic E-state index is -4.97. The average molecular weight is 383 g/mol. The van der Waals surface area contributed by atoms with Crippen LogP contribution in [0.5, 0.6) is 0 Å². The molecule has 0 aromatic rings. The maximum atomic E-state index is 12.5. The van der Waals surface area contributed by atoms with Crippen molar-refractivity contribution in [3.63, 3.8) is 0 Å². The van der Waals surface area contributed by atoms with Gasteiger partial charge in [-0.15, -0.1) is 0 Å². The molecule has 1 saturated heterocycles. The molecular formula is C17H20F3N5O2. The molecule has 0 aromatic carbocycles. The highest BCUT2D eigenvalue weighted by molar-refractivity contribution is 5.84. The van der Waals surface area contributed by atoms with Crippen LogP contribution in [0, 0.1) is 5.92 Å². The normalized spacial score (nSPS) is 32.9. The van der Waals surface area contributed by atoms with Crippen molar-refractivity contribution in [2.45, 2.75) is 37.7 Å². The van der Waals surface area contributed by atoms with Crippen molar-refractivity contribution >= 4 is 5.91 Å². The summed E-state index contributed by atoms with van der Waals surface area (Å²) >= 11 is 0. The summed E-state index contributed by atoms with van der Waals surface area (Å²) in [4.78, 5) is 12.7. The van der Waals surface area contributed by atoms with Gasteiger partial charge in [0.2, 0.25) is 6.10 Å². The Hall–Kier alpha value is -2.30. The molecule has 3 aliphatic heterocycles. The van der Waals surface area contributed by atoms with E-state index in [0.29, 0.717) is 5.57 Å². The van der Waals surface area contributed by atoms with Gasteiger partial charge in [0.1, 0.15) is 0 Å². The fraction of sp³-hybridized carbons (Fsp3) is 0.471. The van der Waals surface area contributed by atoms with Crippen molar-refractivity contribution in [2.75, 3.05) is 6.54 Å². The second-order valence-electron chi connectivity index (χ2n) is 7.02. The van der Waals surface area contributed by atoms with Crippen molar-refractivity contribution in [3.05, 3.63) is 47.5 Å². The number of hydrogen-bond acceptors (Lipinski definition) is 6. The highest BCUT2D eigenvalue weighted by Crippen LogP contribution is 2.32. The van der Waals surface area contributed by atoms with Crippen LogP contribution in [0.25, 0.3) is 0 Å². The molecule has 0 aromatic heterocycles. The number of nitrogens with zero attached hydrogens (tertiary/aromatic N) is 1. The van der Waals surface area contributed by atoms with E-state index in [9.17, 15) is 18.0 Å². The number of carbonyl (C=O) groups is 1. The predicted octanol–water partition coefficient (Wildman–Crippen LogP) is -0.0267. The summed E-state index contributed by atoms with van der Waals surface area (Å²) in [5, 5.41) is 22.6. The Kier molecular flexibility index (Phi) is 4.28.